The third-order valence-corrected chi connectivity index (χ3v) is 4.00. The number of hydrogen-bond acceptors (Lipinski definition) is 2. The van der Waals surface area contributed by atoms with Crippen LogP contribution in [0.15, 0.2) is 59.6 Å². The van der Waals surface area contributed by atoms with E-state index in [-0.39, 0.29) is 11.6 Å². The fourth-order valence-electron chi connectivity index (χ4n) is 2.54. The lowest BCUT2D eigenvalue weighted by Crippen LogP contribution is -2.38. The van der Waals surface area contributed by atoms with Gasteiger partial charge in [-0.1, -0.05) is 54.6 Å². The second-order valence-corrected chi connectivity index (χ2v) is 7.42. The third-order valence-electron chi connectivity index (χ3n) is 4.00. The SMILES string of the molecule is CN=C(NCc1cccc(COC(C)(C)C)c1)NC(C)c1ccccc1. The van der Waals surface area contributed by atoms with Crippen LogP contribution in [-0.2, 0) is 17.9 Å². The second-order valence-electron chi connectivity index (χ2n) is 7.42. The van der Waals surface area contributed by atoms with E-state index in [0.717, 1.165) is 5.96 Å². The number of guanidine groups is 1. The van der Waals surface area contributed by atoms with Crippen molar-refractivity contribution in [3.05, 3.63) is 71.3 Å². The zero-order valence-corrected chi connectivity index (χ0v) is 16.5. The lowest BCUT2D eigenvalue weighted by molar-refractivity contribution is -0.0149. The molecule has 2 N–H and O–H groups in total. The van der Waals surface area contributed by atoms with E-state index in [1.807, 2.05) is 6.07 Å². The molecule has 1 atom stereocenters. The molecular formula is C22H31N3O. The first-order valence-corrected chi connectivity index (χ1v) is 9.11. The molecule has 0 bridgehead atoms. The highest BCUT2D eigenvalue weighted by molar-refractivity contribution is 5.80. The molecule has 0 radical (unpaired) electrons. The maximum atomic E-state index is 5.86. The molecule has 0 aliphatic heterocycles. The third kappa shape index (κ3) is 6.89. The Morgan fingerprint density at radius 3 is 2.38 bits per heavy atom. The van der Waals surface area contributed by atoms with E-state index < -0.39 is 0 Å². The van der Waals surface area contributed by atoms with Crippen LogP contribution in [0.1, 0.15) is 50.4 Å². The summed E-state index contributed by atoms with van der Waals surface area (Å²) in [4.78, 5) is 4.33. The smallest absolute Gasteiger partial charge is 0.191 e. The molecule has 0 fully saturated rings. The number of nitrogens with zero attached hydrogens (tertiary/aromatic N) is 1. The summed E-state index contributed by atoms with van der Waals surface area (Å²) in [6.45, 7) is 9.68. The topological polar surface area (TPSA) is 45.7 Å². The van der Waals surface area contributed by atoms with Crippen LogP contribution in [0.2, 0.25) is 0 Å². The maximum Gasteiger partial charge on any atom is 0.191 e. The second kappa shape index (κ2) is 9.39. The molecule has 0 aliphatic carbocycles. The lowest BCUT2D eigenvalue weighted by Gasteiger charge is -2.20. The molecule has 0 saturated carbocycles. The van der Waals surface area contributed by atoms with Gasteiger partial charge in [-0.2, -0.15) is 0 Å². The van der Waals surface area contributed by atoms with E-state index in [2.05, 4.69) is 91.9 Å². The summed E-state index contributed by atoms with van der Waals surface area (Å²) in [5, 5.41) is 6.81. The summed E-state index contributed by atoms with van der Waals surface area (Å²) in [5.74, 6) is 0.790. The largest absolute Gasteiger partial charge is 0.371 e. The minimum atomic E-state index is -0.131. The Bertz CT molecular complexity index is 705. The Morgan fingerprint density at radius 2 is 1.73 bits per heavy atom. The number of rotatable bonds is 6. The highest BCUT2D eigenvalue weighted by Crippen LogP contribution is 2.13. The Morgan fingerprint density at radius 1 is 1.04 bits per heavy atom. The molecule has 26 heavy (non-hydrogen) atoms. The molecule has 0 amide bonds. The van der Waals surface area contributed by atoms with Crippen molar-refractivity contribution in [2.24, 2.45) is 4.99 Å². The number of aliphatic imine (C=N–C) groups is 1. The van der Waals surface area contributed by atoms with E-state index in [1.165, 1.54) is 16.7 Å². The zero-order valence-electron chi connectivity index (χ0n) is 16.5. The monoisotopic (exact) mass is 353 g/mol. The van der Waals surface area contributed by atoms with E-state index >= 15 is 0 Å². The average Bonchev–Trinajstić information content (AvgIpc) is 2.64. The number of benzene rings is 2. The van der Waals surface area contributed by atoms with E-state index in [1.54, 1.807) is 7.05 Å². The molecule has 0 spiro atoms. The van der Waals surface area contributed by atoms with Gasteiger partial charge in [0, 0.05) is 13.6 Å². The summed E-state index contributed by atoms with van der Waals surface area (Å²) < 4.78 is 5.86. The molecule has 2 aromatic carbocycles. The predicted molar refractivity (Wildman–Crippen MR) is 109 cm³/mol. The highest BCUT2D eigenvalue weighted by Gasteiger charge is 2.10. The first-order chi connectivity index (χ1) is 12.4. The van der Waals surface area contributed by atoms with Gasteiger partial charge in [0.15, 0.2) is 5.96 Å². The minimum absolute atomic E-state index is 0.131. The van der Waals surface area contributed by atoms with Gasteiger partial charge in [-0.3, -0.25) is 4.99 Å². The number of nitrogens with one attached hydrogen (secondary N) is 2. The van der Waals surface area contributed by atoms with Crippen LogP contribution in [0.5, 0.6) is 0 Å². The molecule has 0 aliphatic rings. The molecule has 2 rings (SSSR count). The standard InChI is InChI=1S/C22H31N3O/c1-17(20-12-7-6-8-13-20)25-21(23-5)24-15-18-10-9-11-19(14-18)16-26-22(2,3)4/h6-14,17H,15-16H2,1-5H3,(H2,23,24,25). The fraction of sp³-hybridized carbons (Fsp3) is 0.409. The van der Waals surface area contributed by atoms with Gasteiger partial charge in [-0.15, -0.1) is 0 Å². The van der Waals surface area contributed by atoms with Crippen LogP contribution in [0.3, 0.4) is 0 Å². The lowest BCUT2D eigenvalue weighted by atomic mass is 10.1. The summed E-state index contributed by atoms with van der Waals surface area (Å²) >= 11 is 0. The molecule has 0 aromatic heterocycles. The van der Waals surface area contributed by atoms with Crippen LogP contribution in [-0.4, -0.2) is 18.6 Å². The molecule has 0 heterocycles. The highest BCUT2D eigenvalue weighted by atomic mass is 16.5. The minimum Gasteiger partial charge on any atom is -0.371 e. The van der Waals surface area contributed by atoms with Gasteiger partial charge < -0.3 is 15.4 Å². The van der Waals surface area contributed by atoms with Gasteiger partial charge in [0.25, 0.3) is 0 Å². The van der Waals surface area contributed by atoms with Crippen LogP contribution in [0, 0.1) is 0 Å². The van der Waals surface area contributed by atoms with Crippen molar-refractivity contribution < 1.29 is 4.74 Å². The van der Waals surface area contributed by atoms with Crippen molar-refractivity contribution in [1.29, 1.82) is 0 Å². The van der Waals surface area contributed by atoms with E-state index in [0.29, 0.717) is 13.2 Å². The molecule has 1 unspecified atom stereocenters. The average molecular weight is 354 g/mol. The van der Waals surface area contributed by atoms with Gasteiger partial charge >= 0.3 is 0 Å². The normalized spacial score (nSPS) is 13.3. The van der Waals surface area contributed by atoms with Crippen molar-refractivity contribution in [2.75, 3.05) is 7.05 Å². The van der Waals surface area contributed by atoms with E-state index in [4.69, 9.17) is 4.74 Å². The number of ether oxygens (including phenoxy) is 1. The van der Waals surface area contributed by atoms with Crippen molar-refractivity contribution in [1.82, 2.24) is 10.6 Å². The van der Waals surface area contributed by atoms with Crippen molar-refractivity contribution in [3.63, 3.8) is 0 Å². The Labute approximate surface area is 157 Å². The van der Waals surface area contributed by atoms with Crippen LogP contribution in [0.25, 0.3) is 0 Å². The summed E-state index contributed by atoms with van der Waals surface area (Å²) in [7, 11) is 1.79. The predicted octanol–water partition coefficient (Wildman–Crippen LogP) is 4.43. The fourth-order valence-corrected chi connectivity index (χ4v) is 2.54. The Hall–Kier alpha value is -2.33. The Balaban J connectivity index is 1.90. The van der Waals surface area contributed by atoms with Gasteiger partial charge in [0.2, 0.25) is 0 Å². The summed E-state index contributed by atoms with van der Waals surface area (Å²) in [5.41, 5.74) is 3.49. The van der Waals surface area contributed by atoms with E-state index in [9.17, 15) is 0 Å². The number of hydrogen-bond donors (Lipinski definition) is 2. The van der Waals surface area contributed by atoms with Gasteiger partial charge in [0.05, 0.1) is 18.2 Å². The van der Waals surface area contributed by atoms with Crippen LogP contribution in [0.4, 0.5) is 0 Å². The summed E-state index contributed by atoms with van der Waals surface area (Å²) in [6.07, 6.45) is 0. The van der Waals surface area contributed by atoms with Crippen LogP contribution >= 0.6 is 0 Å². The zero-order chi connectivity index (χ0) is 19.0. The van der Waals surface area contributed by atoms with Gasteiger partial charge in [0.1, 0.15) is 0 Å². The van der Waals surface area contributed by atoms with Gasteiger partial charge in [-0.25, -0.2) is 0 Å². The van der Waals surface area contributed by atoms with Crippen molar-refractivity contribution in [3.8, 4) is 0 Å². The van der Waals surface area contributed by atoms with Crippen LogP contribution < -0.4 is 10.6 Å². The Kier molecular flexibility index (Phi) is 7.22. The maximum absolute atomic E-state index is 5.86. The molecular weight excluding hydrogens is 322 g/mol. The van der Waals surface area contributed by atoms with Gasteiger partial charge in [-0.05, 0) is 44.4 Å². The quantitative estimate of drug-likeness (QED) is 0.596. The molecule has 4 nitrogen and oxygen atoms in total. The first kappa shape index (κ1) is 20.0. The summed E-state index contributed by atoms with van der Waals surface area (Å²) in [6, 6.07) is 19.0. The van der Waals surface area contributed by atoms with Crippen molar-refractivity contribution in [2.45, 2.75) is 52.5 Å². The molecule has 0 saturated heterocycles. The van der Waals surface area contributed by atoms with Crippen molar-refractivity contribution >= 4 is 5.96 Å². The molecule has 2 aromatic rings. The molecule has 140 valence electrons. The molecule has 4 heteroatoms. The first-order valence-electron chi connectivity index (χ1n) is 9.11.